The Kier molecular flexibility index (Phi) is 4.03. The molecule has 0 aromatic carbocycles. The highest BCUT2D eigenvalue weighted by atomic mass is 35.5. The van der Waals surface area contributed by atoms with Crippen molar-refractivity contribution in [2.24, 2.45) is 0 Å². The van der Waals surface area contributed by atoms with E-state index >= 15 is 0 Å². The Bertz CT molecular complexity index is 246. The van der Waals surface area contributed by atoms with Crippen LogP contribution >= 0.6 is 11.6 Å². The molecule has 3 heteroatoms. The third kappa shape index (κ3) is 3.64. The van der Waals surface area contributed by atoms with Crippen LogP contribution in [0.5, 0.6) is 0 Å². The lowest BCUT2D eigenvalue weighted by Crippen LogP contribution is -2.14. The minimum atomic E-state index is 0.493. The van der Waals surface area contributed by atoms with Crippen LogP contribution in [0.3, 0.4) is 0 Å². The van der Waals surface area contributed by atoms with E-state index in [1.54, 1.807) is 12.3 Å². The molecule has 0 spiro atoms. The van der Waals surface area contributed by atoms with Gasteiger partial charge in [-0.3, -0.25) is 0 Å². The number of halogens is 1. The predicted octanol–water partition coefficient (Wildman–Crippen LogP) is 3.34. The van der Waals surface area contributed by atoms with E-state index < -0.39 is 0 Å². The Hall–Kier alpha value is -0.760. The molecule has 1 aromatic rings. The number of rotatable bonds is 4. The molecule has 0 bridgehead atoms. The summed E-state index contributed by atoms with van der Waals surface area (Å²) < 4.78 is 0. The van der Waals surface area contributed by atoms with Crippen LogP contribution in [-0.2, 0) is 0 Å². The summed E-state index contributed by atoms with van der Waals surface area (Å²) in [7, 11) is 0. The molecule has 2 nitrogen and oxygen atoms in total. The largest absolute Gasteiger partial charge is 0.381 e. The lowest BCUT2D eigenvalue weighted by atomic mass is 10.2. The number of anilines is 1. The maximum atomic E-state index is 5.67. The van der Waals surface area contributed by atoms with Gasteiger partial charge in [-0.05, 0) is 25.5 Å². The minimum absolute atomic E-state index is 0.493. The number of hydrogen-bond donors (Lipinski definition) is 1. The standard InChI is InChI=1S/C10H15ClN2/c1-3-4-8(2)13-9-5-6-10(11)12-7-9/h5-8,13H,3-4H2,1-2H3/t8-/m0/s1. The van der Waals surface area contributed by atoms with Crippen LogP contribution in [0.4, 0.5) is 5.69 Å². The van der Waals surface area contributed by atoms with Crippen molar-refractivity contribution >= 4 is 17.3 Å². The first-order chi connectivity index (χ1) is 6.22. The highest BCUT2D eigenvalue weighted by Gasteiger charge is 1.99. The molecular weight excluding hydrogens is 184 g/mol. The van der Waals surface area contributed by atoms with E-state index in [2.05, 4.69) is 24.1 Å². The molecule has 0 saturated carbocycles. The van der Waals surface area contributed by atoms with E-state index in [0.29, 0.717) is 11.2 Å². The average Bonchev–Trinajstić information content (AvgIpc) is 2.09. The van der Waals surface area contributed by atoms with Gasteiger partial charge in [-0.15, -0.1) is 0 Å². The van der Waals surface area contributed by atoms with Gasteiger partial charge in [0.2, 0.25) is 0 Å². The quantitative estimate of drug-likeness (QED) is 0.751. The molecule has 1 aromatic heterocycles. The first-order valence-corrected chi connectivity index (χ1v) is 4.98. The summed E-state index contributed by atoms with van der Waals surface area (Å²) >= 11 is 5.67. The van der Waals surface area contributed by atoms with Gasteiger partial charge in [-0.2, -0.15) is 0 Å². The fourth-order valence-corrected chi connectivity index (χ4v) is 1.36. The molecule has 72 valence electrons. The molecule has 13 heavy (non-hydrogen) atoms. The summed E-state index contributed by atoms with van der Waals surface area (Å²) in [5.41, 5.74) is 1.03. The van der Waals surface area contributed by atoms with E-state index in [9.17, 15) is 0 Å². The van der Waals surface area contributed by atoms with Gasteiger partial charge in [0.25, 0.3) is 0 Å². The second-order valence-corrected chi connectivity index (χ2v) is 3.59. The summed E-state index contributed by atoms with van der Waals surface area (Å²) in [6.45, 7) is 4.34. The third-order valence-corrected chi connectivity index (χ3v) is 2.09. The van der Waals surface area contributed by atoms with Crippen LogP contribution in [0.25, 0.3) is 0 Å². The maximum absolute atomic E-state index is 5.67. The van der Waals surface area contributed by atoms with E-state index in [1.165, 1.54) is 12.8 Å². The molecule has 1 N–H and O–H groups in total. The number of pyridine rings is 1. The normalized spacial score (nSPS) is 12.5. The fraction of sp³-hybridized carbons (Fsp3) is 0.500. The van der Waals surface area contributed by atoms with Gasteiger partial charge in [0.15, 0.2) is 0 Å². The SMILES string of the molecule is CCC[C@H](C)Nc1ccc(Cl)nc1. The first-order valence-electron chi connectivity index (χ1n) is 4.60. The number of hydrogen-bond acceptors (Lipinski definition) is 2. The summed E-state index contributed by atoms with van der Waals surface area (Å²) in [4.78, 5) is 4.00. The van der Waals surface area contributed by atoms with Gasteiger partial charge in [0, 0.05) is 6.04 Å². The molecule has 0 unspecified atom stereocenters. The zero-order valence-electron chi connectivity index (χ0n) is 8.05. The van der Waals surface area contributed by atoms with Gasteiger partial charge in [0.05, 0.1) is 11.9 Å². The molecule has 0 fully saturated rings. The molecule has 0 aliphatic rings. The minimum Gasteiger partial charge on any atom is -0.381 e. The molecule has 0 radical (unpaired) electrons. The highest BCUT2D eigenvalue weighted by molar-refractivity contribution is 6.29. The van der Waals surface area contributed by atoms with E-state index in [1.807, 2.05) is 6.07 Å². The van der Waals surface area contributed by atoms with E-state index in [0.717, 1.165) is 5.69 Å². The summed E-state index contributed by atoms with van der Waals surface area (Å²) in [6.07, 6.45) is 4.12. The third-order valence-electron chi connectivity index (χ3n) is 1.86. The molecule has 0 saturated heterocycles. The second kappa shape index (κ2) is 5.07. The average molecular weight is 199 g/mol. The topological polar surface area (TPSA) is 24.9 Å². The van der Waals surface area contributed by atoms with Gasteiger partial charge in [0.1, 0.15) is 5.15 Å². The smallest absolute Gasteiger partial charge is 0.129 e. The Morgan fingerprint density at radius 2 is 2.31 bits per heavy atom. The molecular formula is C10H15ClN2. The Morgan fingerprint density at radius 1 is 1.54 bits per heavy atom. The van der Waals surface area contributed by atoms with E-state index in [4.69, 9.17) is 11.6 Å². The molecule has 0 amide bonds. The van der Waals surface area contributed by atoms with E-state index in [-0.39, 0.29) is 0 Å². The zero-order chi connectivity index (χ0) is 9.68. The first kappa shape index (κ1) is 10.3. The van der Waals surface area contributed by atoms with Gasteiger partial charge < -0.3 is 5.32 Å². The van der Waals surface area contributed by atoms with Crippen LogP contribution in [0.2, 0.25) is 5.15 Å². The monoisotopic (exact) mass is 198 g/mol. The lowest BCUT2D eigenvalue weighted by Gasteiger charge is -2.13. The van der Waals surface area contributed by atoms with Crippen molar-refractivity contribution in [3.63, 3.8) is 0 Å². The molecule has 1 atom stereocenters. The Balaban J connectivity index is 2.49. The van der Waals surface area contributed by atoms with Crippen molar-refractivity contribution in [3.8, 4) is 0 Å². The van der Waals surface area contributed by atoms with Crippen molar-refractivity contribution in [2.75, 3.05) is 5.32 Å². The van der Waals surface area contributed by atoms with Gasteiger partial charge in [-0.25, -0.2) is 4.98 Å². The van der Waals surface area contributed by atoms with Crippen LogP contribution in [0.15, 0.2) is 18.3 Å². The zero-order valence-corrected chi connectivity index (χ0v) is 8.80. The fourth-order valence-electron chi connectivity index (χ4n) is 1.25. The predicted molar refractivity (Wildman–Crippen MR) is 57.2 cm³/mol. The van der Waals surface area contributed by atoms with Crippen molar-refractivity contribution in [3.05, 3.63) is 23.5 Å². The summed E-state index contributed by atoms with van der Waals surface area (Å²) in [5.74, 6) is 0. The maximum Gasteiger partial charge on any atom is 0.129 e. The Morgan fingerprint density at radius 3 is 2.85 bits per heavy atom. The van der Waals surface area contributed by atoms with Crippen LogP contribution in [-0.4, -0.2) is 11.0 Å². The Labute approximate surface area is 84.3 Å². The highest BCUT2D eigenvalue weighted by Crippen LogP contribution is 2.12. The molecule has 1 rings (SSSR count). The van der Waals surface area contributed by atoms with Crippen molar-refractivity contribution in [2.45, 2.75) is 32.7 Å². The van der Waals surface area contributed by atoms with Gasteiger partial charge >= 0.3 is 0 Å². The molecule has 0 aliphatic carbocycles. The lowest BCUT2D eigenvalue weighted by molar-refractivity contribution is 0.690. The number of aromatic nitrogens is 1. The molecule has 0 aliphatic heterocycles. The van der Waals surface area contributed by atoms with Crippen molar-refractivity contribution in [1.29, 1.82) is 0 Å². The van der Waals surface area contributed by atoms with Crippen LogP contribution in [0.1, 0.15) is 26.7 Å². The van der Waals surface area contributed by atoms with Crippen LogP contribution in [0, 0.1) is 0 Å². The molecule has 1 heterocycles. The number of nitrogens with zero attached hydrogens (tertiary/aromatic N) is 1. The second-order valence-electron chi connectivity index (χ2n) is 3.20. The summed E-state index contributed by atoms with van der Waals surface area (Å²) in [6, 6.07) is 4.23. The summed E-state index contributed by atoms with van der Waals surface area (Å²) in [5, 5.41) is 3.88. The van der Waals surface area contributed by atoms with Crippen molar-refractivity contribution < 1.29 is 0 Å². The van der Waals surface area contributed by atoms with Crippen LogP contribution < -0.4 is 5.32 Å². The number of nitrogens with one attached hydrogen (secondary N) is 1. The van der Waals surface area contributed by atoms with Gasteiger partial charge in [-0.1, -0.05) is 24.9 Å². The van der Waals surface area contributed by atoms with Crippen molar-refractivity contribution in [1.82, 2.24) is 4.98 Å².